The fourth-order valence-electron chi connectivity index (χ4n) is 4.77. The highest BCUT2D eigenvalue weighted by molar-refractivity contribution is 5.92. The topological polar surface area (TPSA) is 198 Å². The number of phenols is 2. The molecule has 3 amide bonds. The van der Waals surface area contributed by atoms with Gasteiger partial charge in [-0.1, -0.05) is 12.1 Å². The van der Waals surface area contributed by atoms with Crippen LogP contribution in [0.25, 0.3) is 11.1 Å². The van der Waals surface area contributed by atoms with Crippen LogP contribution in [0.5, 0.6) is 11.5 Å². The van der Waals surface area contributed by atoms with Crippen molar-refractivity contribution in [1.82, 2.24) is 20.9 Å². The molecule has 3 unspecified atom stereocenters. The fourth-order valence-corrected chi connectivity index (χ4v) is 4.77. The molecular formula is C30H40N4O9. The predicted molar refractivity (Wildman–Crippen MR) is 156 cm³/mol. The molecule has 4 bridgehead atoms. The molecule has 0 radical (unpaired) electrons. The number of carbonyl (C=O) groups excluding carboxylic acids is 3. The first-order chi connectivity index (χ1) is 20.1. The second-order valence-electron chi connectivity index (χ2n) is 11.6. The third kappa shape index (κ3) is 8.82. The number of hydrogen-bond acceptors (Lipinski definition) is 9. The predicted octanol–water partition coefficient (Wildman–Crippen LogP) is 1.12. The normalized spacial score (nSPS) is 20.3. The number of hydrogen-bond donors (Lipinski definition) is 7. The maximum Gasteiger partial charge on any atom is 0.407 e. The van der Waals surface area contributed by atoms with Crippen LogP contribution in [-0.2, 0) is 32.0 Å². The van der Waals surface area contributed by atoms with E-state index in [-0.39, 0.29) is 42.9 Å². The minimum absolute atomic E-state index is 0.0319. The van der Waals surface area contributed by atoms with Gasteiger partial charge in [0.2, 0.25) is 11.8 Å². The quantitative estimate of drug-likeness (QED) is 0.252. The molecule has 13 nitrogen and oxygen atoms in total. The highest BCUT2D eigenvalue weighted by atomic mass is 16.6. The molecule has 7 N–H and O–H groups in total. The number of carboxylic acid groups (broad SMARTS) is 1. The lowest BCUT2D eigenvalue weighted by molar-refractivity contribution is -0.150. The van der Waals surface area contributed by atoms with Gasteiger partial charge in [0, 0.05) is 32.9 Å². The zero-order chi connectivity index (χ0) is 32.1. The molecule has 0 saturated heterocycles. The summed E-state index contributed by atoms with van der Waals surface area (Å²) in [5, 5.41) is 49.8. The number of carbonyl (C=O) groups is 4. The van der Waals surface area contributed by atoms with Gasteiger partial charge in [-0.05, 0) is 74.3 Å². The van der Waals surface area contributed by atoms with Crippen LogP contribution in [0.15, 0.2) is 36.4 Å². The number of fused-ring (bicyclic) bond motifs is 5. The molecule has 4 atom stereocenters. The summed E-state index contributed by atoms with van der Waals surface area (Å²) >= 11 is 0. The maximum atomic E-state index is 13.7. The minimum Gasteiger partial charge on any atom is -0.508 e. The lowest BCUT2D eigenvalue weighted by atomic mass is 9.95. The van der Waals surface area contributed by atoms with Crippen molar-refractivity contribution >= 4 is 23.9 Å². The highest BCUT2D eigenvalue weighted by Gasteiger charge is 2.35. The molecule has 1 aliphatic rings. The van der Waals surface area contributed by atoms with Crippen LogP contribution < -0.4 is 16.0 Å². The first-order valence-electron chi connectivity index (χ1n) is 13.9. The molecule has 0 saturated carbocycles. The van der Waals surface area contributed by atoms with Crippen molar-refractivity contribution in [3.8, 4) is 22.6 Å². The first-order valence-corrected chi connectivity index (χ1v) is 13.9. The number of rotatable bonds is 6. The zero-order valence-corrected chi connectivity index (χ0v) is 24.9. The van der Waals surface area contributed by atoms with Crippen LogP contribution in [0.4, 0.5) is 4.79 Å². The average Bonchev–Trinajstić information content (AvgIpc) is 2.92. The summed E-state index contributed by atoms with van der Waals surface area (Å²) in [5.41, 5.74) is 1.22. The maximum absolute atomic E-state index is 13.7. The van der Waals surface area contributed by atoms with Gasteiger partial charge < -0.3 is 46.0 Å². The van der Waals surface area contributed by atoms with Crippen LogP contribution in [0.2, 0.25) is 0 Å². The van der Waals surface area contributed by atoms with Crippen molar-refractivity contribution < 1.29 is 44.3 Å². The number of carboxylic acids is 1. The lowest BCUT2D eigenvalue weighted by Gasteiger charge is -2.31. The number of nitrogens with zero attached hydrogens (tertiary/aromatic N) is 1. The standard InChI is InChI=1S/C30H40N4O9/c1-30(2,3)43-29(42)32-15-20(35)14-22-27(39)34(5)23(28(40)41)13-19-11-17(7-9-25(19)37)16-6-8-24(36)18(10-16)12-21(31-4)26(38)33-22/h6-11,20-23,31,35-37H,12-15H2,1-5H3,(H,32,42)(H,33,38)(H,40,41)/t20?,21?,22-,23?/m0/s1. The summed E-state index contributed by atoms with van der Waals surface area (Å²) in [5.74, 6) is -3.00. The molecule has 0 aromatic heterocycles. The number of likely N-dealkylation sites (N-methyl/N-ethyl adjacent to an activating group) is 2. The molecule has 234 valence electrons. The van der Waals surface area contributed by atoms with Crippen molar-refractivity contribution in [1.29, 1.82) is 0 Å². The molecule has 0 fully saturated rings. The van der Waals surface area contributed by atoms with Crippen molar-refractivity contribution in [3.63, 3.8) is 0 Å². The second kappa shape index (κ2) is 13.7. The molecule has 1 heterocycles. The van der Waals surface area contributed by atoms with Gasteiger partial charge in [-0.25, -0.2) is 9.59 Å². The van der Waals surface area contributed by atoms with E-state index in [9.17, 15) is 39.6 Å². The van der Waals surface area contributed by atoms with Crippen molar-refractivity contribution in [2.75, 3.05) is 20.6 Å². The third-order valence-electron chi connectivity index (χ3n) is 7.10. The van der Waals surface area contributed by atoms with Crippen molar-refractivity contribution in [2.45, 2.75) is 69.9 Å². The van der Waals surface area contributed by atoms with E-state index in [0.717, 1.165) is 4.90 Å². The van der Waals surface area contributed by atoms with E-state index >= 15 is 0 Å². The van der Waals surface area contributed by atoms with E-state index in [0.29, 0.717) is 16.7 Å². The summed E-state index contributed by atoms with van der Waals surface area (Å²) in [4.78, 5) is 52.5. The largest absolute Gasteiger partial charge is 0.508 e. The molecule has 13 heteroatoms. The second-order valence-corrected chi connectivity index (χ2v) is 11.6. The molecule has 1 aliphatic heterocycles. The zero-order valence-electron chi connectivity index (χ0n) is 24.9. The Morgan fingerprint density at radius 1 is 1.05 bits per heavy atom. The van der Waals surface area contributed by atoms with E-state index in [1.54, 1.807) is 45.0 Å². The monoisotopic (exact) mass is 600 g/mol. The number of benzene rings is 2. The number of aromatic hydroxyl groups is 2. The van der Waals surface area contributed by atoms with Crippen LogP contribution >= 0.6 is 0 Å². The smallest absolute Gasteiger partial charge is 0.407 e. The van der Waals surface area contributed by atoms with Gasteiger partial charge in [-0.3, -0.25) is 9.59 Å². The van der Waals surface area contributed by atoms with Gasteiger partial charge in [0.05, 0.1) is 12.1 Å². The Morgan fingerprint density at radius 2 is 1.60 bits per heavy atom. The number of aliphatic hydroxyl groups excluding tert-OH is 1. The Morgan fingerprint density at radius 3 is 2.12 bits per heavy atom. The van der Waals surface area contributed by atoms with Gasteiger partial charge in [0.1, 0.15) is 29.2 Å². The van der Waals surface area contributed by atoms with Crippen LogP contribution in [0.1, 0.15) is 38.3 Å². The summed E-state index contributed by atoms with van der Waals surface area (Å²) in [6, 6.07) is 5.76. The number of nitrogens with one attached hydrogen (secondary N) is 3. The summed E-state index contributed by atoms with van der Waals surface area (Å²) in [7, 11) is 2.80. The van der Waals surface area contributed by atoms with Gasteiger partial charge in [-0.2, -0.15) is 0 Å². The molecule has 2 aromatic carbocycles. The highest BCUT2D eigenvalue weighted by Crippen LogP contribution is 2.31. The van der Waals surface area contributed by atoms with E-state index in [4.69, 9.17) is 4.74 Å². The Balaban J connectivity index is 2.01. The van der Waals surface area contributed by atoms with E-state index in [1.807, 2.05) is 0 Å². The fraction of sp³-hybridized carbons (Fsp3) is 0.467. The molecular weight excluding hydrogens is 560 g/mol. The van der Waals surface area contributed by atoms with Crippen LogP contribution in [-0.4, -0.2) is 99.7 Å². The molecule has 0 spiro atoms. The Hall–Kier alpha value is -4.36. The van der Waals surface area contributed by atoms with Crippen LogP contribution in [0.3, 0.4) is 0 Å². The molecule has 2 aromatic rings. The molecule has 3 rings (SSSR count). The Bertz CT molecular complexity index is 1360. The van der Waals surface area contributed by atoms with Gasteiger partial charge in [0.15, 0.2) is 0 Å². The first kappa shape index (κ1) is 33.1. The summed E-state index contributed by atoms with van der Waals surface area (Å²) in [6.07, 6.45) is -2.70. The third-order valence-corrected chi connectivity index (χ3v) is 7.10. The number of alkyl carbamates (subject to hydrolysis) is 1. The van der Waals surface area contributed by atoms with Gasteiger partial charge in [0.25, 0.3) is 0 Å². The summed E-state index contributed by atoms with van der Waals surface area (Å²) in [6.45, 7) is 4.71. The Labute approximate surface area is 249 Å². The number of aliphatic carboxylic acids is 1. The van der Waals surface area contributed by atoms with Crippen molar-refractivity contribution in [2.24, 2.45) is 0 Å². The van der Waals surface area contributed by atoms with Crippen LogP contribution in [0, 0.1) is 0 Å². The minimum atomic E-state index is -1.44. The van der Waals surface area contributed by atoms with Gasteiger partial charge in [-0.15, -0.1) is 0 Å². The molecule has 43 heavy (non-hydrogen) atoms. The molecule has 0 aliphatic carbocycles. The Kier molecular flexibility index (Phi) is 10.6. The van der Waals surface area contributed by atoms with E-state index in [1.165, 1.54) is 26.2 Å². The SMILES string of the molecule is CNC1Cc2cc(ccc2O)-c2ccc(O)c(c2)CC(C(=O)O)N(C)C(=O)[C@H](CC(O)CNC(=O)OC(C)(C)C)NC1=O. The number of phenolic OH excluding ortho intramolecular Hbond substituents is 2. The van der Waals surface area contributed by atoms with Gasteiger partial charge >= 0.3 is 12.1 Å². The average molecular weight is 601 g/mol. The van der Waals surface area contributed by atoms with E-state index < -0.39 is 53.7 Å². The summed E-state index contributed by atoms with van der Waals surface area (Å²) < 4.78 is 5.16. The number of ether oxygens (including phenoxy) is 1. The number of aliphatic hydroxyl groups is 1. The van der Waals surface area contributed by atoms with Crippen molar-refractivity contribution in [3.05, 3.63) is 47.5 Å². The van der Waals surface area contributed by atoms with E-state index in [2.05, 4.69) is 16.0 Å². The number of amides is 3. The lowest BCUT2D eigenvalue weighted by Crippen LogP contribution is -2.57.